The fourth-order valence-electron chi connectivity index (χ4n) is 1.74. The molecule has 0 spiro atoms. The maximum absolute atomic E-state index is 12.3. The summed E-state index contributed by atoms with van der Waals surface area (Å²) in [6.07, 6.45) is 1.04. The van der Waals surface area contributed by atoms with Gasteiger partial charge in [0, 0.05) is 5.56 Å². The molecule has 0 saturated heterocycles. The third-order valence-electron chi connectivity index (χ3n) is 2.96. The van der Waals surface area contributed by atoms with Crippen molar-refractivity contribution in [2.75, 3.05) is 29.2 Å². The Morgan fingerprint density at radius 2 is 2.04 bits per heavy atom. The number of rotatable bonds is 7. The topological polar surface area (TPSA) is 127 Å². The Labute approximate surface area is 158 Å². The second kappa shape index (κ2) is 8.47. The summed E-state index contributed by atoms with van der Waals surface area (Å²) in [6.45, 7) is 1.73. The molecule has 2 rings (SSSR count). The predicted molar refractivity (Wildman–Crippen MR) is 100 cm³/mol. The molecule has 1 aromatic heterocycles. The number of aryl methyl sites for hydroxylation is 1. The number of hydrogen-bond donors (Lipinski definition) is 2. The van der Waals surface area contributed by atoms with Crippen LogP contribution in [0.3, 0.4) is 0 Å². The summed E-state index contributed by atoms with van der Waals surface area (Å²) in [4.78, 5) is 23.4. The van der Waals surface area contributed by atoms with Crippen LogP contribution in [0.4, 0.5) is 10.8 Å². The zero-order valence-corrected chi connectivity index (χ0v) is 16.5. The Hall–Kier alpha value is -2.18. The van der Waals surface area contributed by atoms with Gasteiger partial charge in [-0.2, -0.15) is 0 Å². The van der Waals surface area contributed by atoms with Crippen LogP contribution in [0, 0.1) is 6.92 Å². The van der Waals surface area contributed by atoms with Gasteiger partial charge in [-0.25, -0.2) is 8.42 Å². The highest BCUT2D eigenvalue weighted by atomic mass is 32.2. The van der Waals surface area contributed by atoms with E-state index >= 15 is 0 Å². The number of anilines is 2. The second-order valence-corrected chi connectivity index (χ2v) is 9.04. The Bertz CT molecular complexity index is 926. The number of aromatic nitrogens is 2. The van der Waals surface area contributed by atoms with Crippen molar-refractivity contribution in [3.8, 4) is 0 Å². The van der Waals surface area contributed by atoms with Crippen LogP contribution < -0.4 is 10.0 Å². The van der Waals surface area contributed by atoms with Gasteiger partial charge in [-0.1, -0.05) is 29.2 Å². The van der Waals surface area contributed by atoms with Gasteiger partial charge in [0.25, 0.3) is 5.91 Å². The summed E-state index contributed by atoms with van der Waals surface area (Å²) < 4.78 is 30.2. The number of thioether (sulfide) groups is 1. The third kappa shape index (κ3) is 5.97. The Morgan fingerprint density at radius 3 is 2.69 bits per heavy atom. The van der Waals surface area contributed by atoms with E-state index in [1.54, 1.807) is 19.1 Å². The fourth-order valence-corrected chi connectivity index (χ4v) is 3.94. The van der Waals surface area contributed by atoms with Crippen LogP contribution in [0.1, 0.15) is 15.9 Å². The van der Waals surface area contributed by atoms with E-state index in [9.17, 15) is 18.0 Å². The number of nitrogens with one attached hydrogen (secondary N) is 2. The zero-order valence-electron chi connectivity index (χ0n) is 14.1. The molecule has 0 saturated carbocycles. The average molecular weight is 417 g/mol. The molecule has 9 nitrogen and oxygen atoms in total. The van der Waals surface area contributed by atoms with Gasteiger partial charge in [0.15, 0.2) is 4.34 Å². The van der Waals surface area contributed by atoms with E-state index in [1.807, 2.05) is 0 Å². The van der Waals surface area contributed by atoms with E-state index in [4.69, 9.17) is 0 Å². The molecule has 12 heteroatoms. The first-order chi connectivity index (χ1) is 12.2. The number of methoxy groups -OCH3 is 1. The van der Waals surface area contributed by atoms with E-state index in [0.29, 0.717) is 15.6 Å². The van der Waals surface area contributed by atoms with E-state index in [1.165, 1.54) is 13.2 Å². The molecule has 0 aliphatic rings. The lowest BCUT2D eigenvalue weighted by atomic mass is 10.1. The number of carbonyl (C=O) groups is 2. The van der Waals surface area contributed by atoms with E-state index in [0.717, 1.165) is 29.4 Å². The van der Waals surface area contributed by atoms with Crippen LogP contribution in [0.2, 0.25) is 0 Å². The van der Waals surface area contributed by atoms with Crippen LogP contribution in [0.25, 0.3) is 0 Å². The summed E-state index contributed by atoms with van der Waals surface area (Å²) in [5.41, 5.74) is 1.27. The molecule has 0 aliphatic heterocycles. The number of amides is 1. The number of carbonyl (C=O) groups excluding carboxylic acids is 2. The van der Waals surface area contributed by atoms with E-state index in [-0.39, 0.29) is 22.4 Å². The number of ether oxygens (including phenoxy) is 1. The van der Waals surface area contributed by atoms with Crippen molar-refractivity contribution in [1.29, 1.82) is 0 Å². The molecule has 1 heterocycles. The first-order valence-electron chi connectivity index (χ1n) is 7.11. The van der Waals surface area contributed by atoms with E-state index in [2.05, 4.69) is 25.0 Å². The Morgan fingerprint density at radius 1 is 1.31 bits per heavy atom. The fraction of sp³-hybridized carbons (Fsp3) is 0.286. The molecule has 0 unspecified atom stereocenters. The van der Waals surface area contributed by atoms with Crippen molar-refractivity contribution in [2.24, 2.45) is 0 Å². The van der Waals surface area contributed by atoms with Crippen LogP contribution >= 0.6 is 23.1 Å². The molecule has 140 valence electrons. The van der Waals surface area contributed by atoms with Gasteiger partial charge in [-0.3, -0.25) is 19.6 Å². The minimum Gasteiger partial charge on any atom is -0.468 e. The predicted octanol–water partition coefficient (Wildman–Crippen LogP) is 1.74. The normalized spacial score (nSPS) is 11.0. The van der Waals surface area contributed by atoms with Crippen LogP contribution in [0.5, 0.6) is 0 Å². The quantitative estimate of drug-likeness (QED) is 0.397. The molecule has 2 N–H and O–H groups in total. The number of nitrogens with zero attached hydrogens (tertiary/aromatic N) is 2. The summed E-state index contributed by atoms with van der Waals surface area (Å²) in [5, 5.41) is 10.6. The largest absolute Gasteiger partial charge is 0.468 e. The lowest BCUT2D eigenvalue weighted by Gasteiger charge is -2.09. The molecule has 0 aliphatic carbocycles. The Kier molecular flexibility index (Phi) is 6.56. The molecular weight excluding hydrogens is 400 g/mol. The van der Waals surface area contributed by atoms with Crippen LogP contribution in [-0.4, -0.2) is 49.6 Å². The molecule has 2 aromatic rings. The molecule has 0 radical (unpaired) electrons. The standard InChI is InChI=1S/C14H16N4O5S3/c1-8-4-5-9(6-10(8)18-26(3,21)22)12(20)15-13-16-17-14(25-13)24-7-11(19)23-2/h4-6,18H,7H2,1-3H3,(H,15,16,20). The zero-order chi connectivity index (χ0) is 19.3. The molecule has 0 atom stereocenters. The highest BCUT2D eigenvalue weighted by Gasteiger charge is 2.14. The average Bonchev–Trinajstić information content (AvgIpc) is 3.00. The monoisotopic (exact) mass is 416 g/mol. The maximum atomic E-state index is 12.3. The van der Waals surface area contributed by atoms with Crippen molar-refractivity contribution in [1.82, 2.24) is 10.2 Å². The van der Waals surface area contributed by atoms with Gasteiger partial charge in [-0.05, 0) is 24.6 Å². The summed E-state index contributed by atoms with van der Waals surface area (Å²) in [7, 11) is -2.16. The van der Waals surface area contributed by atoms with Crippen molar-refractivity contribution in [2.45, 2.75) is 11.3 Å². The minimum atomic E-state index is -3.46. The summed E-state index contributed by atoms with van der Waals surface area (Å²) >= 11 is 2.27. The van der Waals surface area contributed by atoms with Gasteiger partial charge in [-0.15, -0.1) is 10.2 Å². The number of benzene rings is 1. The summed E-state index contributed by atoms with van der Waals surface area (Å²) in [5.74, 6) is -0.749. The molecular formula is C14H16N4O5S3. The highest BCUT2D eigenvalue weighted by Crippen LogP contribution is 2.26. The lowest BCUT2D eigenvalue weighted by Crippen LogP contribution is -2.14. The maximum Gasteiger partial charge on any atom is 0.316 e. The van der Waals surface area contributed by atoms with Gasteiger partial charge in [0.05, 0.1) is 24.8 Å². The molecule has 0 fully saturated rings. The van der Waals surface area contributed by atoms with Gasteiger partial charge >= 0.3 is 5.97 Å². The third-order valence-corrected chi connectivity index (χ3v) is 5.50. The number of hydrogen-bond acceptors (Lipinski definition) is 9. The molecule has 1 aromatic carbocycles. The van der Waals surface area contributed by atoms with Gasteiger partial charge in [0.1, 0.15) is 0 Å². The second-order valence-electron chi connectivity index (χ2n) is 5.10. The van der Waals surface area contributed by atoms with Crippen molar-refractivity contribution >= 4 is 55.8 Å². The first kappa shape index (κ1) is 20.1. The van der Waals surface area contributed by atoms with E-state index < -0.39 is 15.9 Å². The summed E-state index contributed by atoms with van der Waals surface area (Å²) in [6, 6.07) is 4.66. The highest BCUT2D eigenvalue weighted by molar-refractivity contribution is 8.01. The van der Waals surface area contributed by atoms with Crippen LogP contribution in [-0.2, 0) is 19.6 Å². The SMILES string of the molecule is COC(=O)CSc1nnc(NC(=O)c2ccc(C)c(NS(C)(=O)=O)c2)s1. The molecule has 1 amide bonds. The van der Waals surface area contributed by atoms with Gasteiger partial charge in [0.2, 0.25) is 15.2 Å². The van der Waals surface area contributed by atoms with Crippen molar-refractivity contribution in [3.63, 3.8) is 0 Å². The molecule has 0 bridgehead atoms. The number of esters is 1. The molecule has 26 heavy (non-hydrogen) atoms. The van der Waals surface area contributed by atoms with Crippen molar-refractivity contribution < 1.29 is 22.7 Å². The minimum absolute atomic E-state index is 0.0948. The van der Waals surface area contributed by atoms with Gasteiger partial charge < -0.3 is 4.74 Å². The number of sulfonamides is 1. The first-order valence-corrected chi connectivity index (χ1v) is 10.8. The Balaban J connectivity index is 2.07. The lowest BCUT2D eigenvalue weighted by molar-refractivity contribution is -0.137. The smallest absolute Gasteiger partial charge is 0.316 e. The van der Waals surface area contributed by atoms with Crippen LogP contribution in [0.15, 0.2) is 22.5 Å². The van der Waals surface area contributed by atoms with Crippen molar-refractivity contribution in [3.05, 3.63) is 29.3 Å².